The van der Waals surface area contributed by atoms with Crippen molar-refractivity contribution in [2.45, 2.75) is 19.0 Å². The van der Waals surface area contributed by atoms with Crippen LogP contribution in [0.2, 0.25) is 0 Å². The Morgan fingerprint density at radius 2 is 2.09 bits per heavy atom. The summed E-state index contributed by atoms with van der Waals surface area (Å²) >= 11 is 0. The van der Waals surface area contributed by atoms with Gasteiger partial charge in [0.1, 0.15) is 0 Å². The molecule has 1 aliphatic rings. The molecule has 0 radical (unpaired) electrons. The van der Waals surface area contributed by atoms with Crippen molar-refractivity contribution in [2.75, 3.05) is 18.6 Å². The zero-order valence-corrected chi connectivity index (χ0v) is 13.7. The molecule has 0 aliphatic carbocycles. The minimum atomic E-state index is -2.99. The van der Waals surface area contributed by atoms with Crippen LogP contribution >= 0.6 is 0 Å². The molecule has 0 bridgehead atoms. The maximum Gasteiger partial charge on any atom is 0.253 e. The molecule has 2 aromatic rings. The monoisotopic (exact) mass is 333 g/mol. The highest BCUT2D eigenvalue weighted by Crippen LogP contribution is 2.19. The van der Waals surface area contributed by atoms with Crippen LogP contribution in [0, 0.1) is 0 Å². The highest BCUT2D eigenvalue weighted by atomic mass is 32.2. The largest absolute Gasteiger partial charge is 0.338 e. The van der Waals surface area contributed by atoms with E-state index in [1.54, 1.807) is 36.6 Å². The fourth-order valence-electron chi connectivity index (χ4n) is 2.79. The van der Waals surface area contributed by atoms with Crippen LogP contribution < -0.4 is 0 Å². The molecular weight excluding hydrogens is 314 g/mol. The molecule has 23 heavy (non-hydrogen) atoms. The van der Waals surface area contributed by atoms with Gasteiger partial charge in [-0.25, -0.2) is 13.4 Å². The van der Waals surface area contributed by atoms with Gasteiger partial charge in [0.15, 0.2) is 9.84 Å². The van der Waals surface area contributed by atoms with Gasteiger partial charge in [-0.15, -0.1) is 0 Å². The van der Waals surface area contributed by atoms with Crippen LogP contribution in [-0.2, 0) is 16.4 Å². The van der Waals surface area contributed by atoms with Crippen molar-refractivity contribution in [1.82, 2.24) is 14.5 Å². The SMILES string of the molecule is CN(C(=O)c1ccc(Cn2ccnc2)cc1)C1CCS(=O)(=O)C1. The number of hydrogen-bond donors (Lipinski definition) is 0. The number of carbonyl (C=O) groups excluding carboxylic acids is 1. The van der Waals surface area contributed by atoms with E-state index in [9.17, 15) is 13.2 Å². The summed E-state index contributed by atoms with van der Waals surface area (Å²) in [7, 11) is -1.32. The lowest BCUT2D eigenvalue weighted by Gasteiger charge is -2.23. The number of benzene rings is 1. The summed E-state index contributed by atoms with van der Waals surface area (Å²) in [4.78, 5) is 18.0. The summed E-state index contributed by atoms with van der Waals surface area (Å²) in [5, 5.41) is 0. The molecule has 1 fully saturated rings. The lowest BCUT2D eigenvalue weighted by Crippen LogP contribution is -2.37. The number of carbonyl (C=O) groups is 1. The van der Waals surface area contributed by atoms with Gasteiger partial charge >= 0.3 is 0 Å². The highest BCUT2D eigenvalue weighted by molar-refractivity contribution is 7.91. The van der Waals surface area contributed by atoms with Gasteiger partial charge in [-0.05, 0) is 24.1 Å². The Hall–Kier alpha value is -2.15. The number of amides is 1. The Labute approximate surface area is 135 Å². The Kier molecular flexibility index (Phi) is 4.21. The van der Waals surface area contributed by atoms with Crippen molar-refractivity contribution in [3.05, 3.63) is 54.1 Å². The third-order valence-electron chi connectivity index (χ3n) is 4.20. The van der Waals surface area contributed by atoms with E-state index < -0.39 is 9.84 Å². The van der Waals surface area contributed by atoms with Gasteiger partial charge in [0.05, 0.1) is 17.8 Å². The summed E-state index contributed by atoms with van der Waals surface area (Å²) in [5.41, 5.74) is 1.65. The van der Waals surface area contributed by atoms with Crippen molar-refractivity contribution < 1.29 is 13.2 Å². The van der Waals surface area contributed by atoms with Crippen LogP contribution in [0.1, 0.15) is 22.3 Å². The molecule has 0 saturated carbocycles. The quantitative estimate of drug-likeness (QED) is 0.842. The second-order valence-corrected chi connectivity index (χ2v) is 8.13. The summed E-state index contributed by atoms with van der Waals surface area (Å²) in [5.74, 6) is 0.0915. The van der Waals surface area contributed by atoms with Crippen LogP contribution in [0.4, 0.5) is 0 Å². The Balaban J connectivity index is 1.68. The van der Waals surface area contributed by atoms with E-state index >= 15 is 0 Å². The first kappa shape index (κ1) is 15.7. The Bertz CT molecular complexity index is 782. The van der Waals surface area contributed by atoms with Gasteiger partial charge in [-0.1, -0.05) is 12.1 Å². The molecule has 2 heterocycles. The van der Waals surface area contributed by atoms with Crippen molar-refractivity contribution in [1.29, 1.82) is 0 Å². The second-order valence-electron chi connectivity index (χ2n) is 5.90. The third-order valence-corrected chi connectivity index (χ3v) is 5.95. The maximum absolute atomic E-state index is 12.5. The number of sulfone groups is 1. The second kappa shape index (κ2) is 6.16. The molecule has 0 spiro atoms. The van der Waals surface area contributed by atoms with Gasteiger partial charge in [0, 0.05) is 37.6 Å². The predicted octanol–water partition coefficient (Wildman–Crippen LogP) is 1.19. The normalized spacial score (nSPS) is 19.6. The fraction of sp³-hybridized carbons (Fsp3) is 0.375. The lowest BCUT2D eigenvalue weighted by molar-refractivity contribution is 0.0747. The van der Waals surface area contributed by atoms with E-state index in [0.717, 1.165) is 5.56 Å². The summed E-state index contributed by atoms with van der Waals surface area (Å²) in [6.45, 7) is 0.700. The molecule has 1 unspecified atom stereocenters. The zero-order chi connectivity index (χ0) is 16.4. The van der Waals surface area contributed by atoms with Crippen LogP contribution in [0.15, 0.2) is 43.0 Å². The molecule has 1 amide bonds. The molecule has 0 N–H and O–H groups in total. The van der Waals surface area contributed by atoms with Gasteiger partial charge in [0.2, 0.25) is 0 Å². The first-order valence-corrected chi connectivity index (χ1v) is 9.29. The van der Waals surface area contributed by atoms with Gasteiger partial charge in [-0.2, -0.15) is 0 Å². The van der Waals surface area contributed by atoms with Crippen molar-refractivity contribution in [2.24, 2.45) is 0 Å². The van der Waals surface area contributed by atoms with Gasteiger partial charge < -0.3 is 9.47 Å². The summed E-state index contributed by atoms with van der Waals surface area (Å²) in [6.07, 6.45) is 5.87. The summed E-state index contributed by atoms with van der Waals surface area (Å²) < 4.78 is 25.1. The van der Waals surface area contributed by atoms with E-state index in [-0.39, 0.29) is 23.5 Å². The molecule has 1 saturated heterocycles. The van der Waals surface area contributed by atoms with Crippen molar-refractivity contribution >= 4 is 15.7 Å². The molecule has 122 valence electrons. The molecule has 1 aliphatic heterocycles. The van der Waals surface area contributed by atoms with Crippen LogP contribution in [0.25, 0.3) is 0 Å². The number of imidazole rings is 1. The standard InChI is InChI=1S/C16H19N3O3S/c1-18(15-6-9-23(21,22)11-15)16(20)14-4-2-13(3-5-14)10-19-8-7-17-12-19/h2-5,7-8,12,15H,6,9-11H2,1H3. The highest BCUT2D eigenvalue weighted by Gasteiger charge is 2.32. The molecule has 6 nitrogen and oxygen atoms in total. The van der Waals surface area contributed by atoms with E-state index in [1.165, 1.54) is 0 Å². The topological polar surface area (TPSA) is 72.3 Å². The number of hydrogen-bond acceptors (Lipinski definition) is 4. The van der Waals surface area contributed by atoms with Crippen LogP contribution in [0.5, 0.6) is 0 Å². The minimum absolute atomic E-state index is 0.0634. The number of nitrogens with zero attached hydrogens (tertiary/aromatic N) is 3. The third kappa shape index (κ3) is 3.61. The van der Waals surface area contributed by atoms with Gasteiger partial charge in [-0.3, -0.25) is 4.79 Å². The number of aromatic nitrogens is 2. The average molecular weight is 333 g/mol. The summed E-state index contributed by atoms with van der Waals surface area (Å²) in [6, 6.07) is 7.17. The molecule has 3 rings (SSSR count). The molecule has 7 heteroatoms. The molecule has 1 atom stereocenters. The fourth-order valence-corrected chi connectivity index (χ4v) is 4.57. The average Bonchev–Trinajstić information content (AvgIpc) is 3.16. The molecule has 1 aromatic heterocycles. The first-order chi connectivity index (χ1) is 10.9. The van der Waals surface area contributed by atoms with E-state index in [1.807, 2.05) is 22.9 Å². The molecular formula is C16H19N3O3S. The Morgan fingerprint density at radius 1 is 1.35 bits per heavy atom. The minimum Gasteiger partial charge on any atom is -0.338 e. The smallest absolute Gasteiger partial charge is 0.253 e. The van der Waals surface area contributed by atoms with Crippen molar-refractivity contribution in [3.8, 4) is 0 Å². The molecule has 1 aromatic carbocycles. The lowest BCUT2D eigenvalue weighted by atomic mass is 10.1. The van der Waals surface area contributed by atoms with E-state index in [2.05, 4.69) is 4.98 Å². The first-order valence-electron chi connectivity index (χ1n) is 7.47. The van der Waals surface area contributed by atoms with E-state index in [4.69, 9.17) is 0 Å². The maximum atomic E-state index is 12.5. The van der Waals surface area contributed by atoms with Crippen molar-refractivity contribution in [3.63, 3.8) is 0 Å². The Morgan fingerprint density at radius 3 is 2.65 bits per heavy atom. The van der Waals surface area contributed by atoms with Crippen LogP contribution in [0.3, 0.4) is 0 Å². The van der Waals surface area contributed by atoms with E-state index in [0.29, 0.717) is 18.5 Å². The zero-order valence-electron chi connectivity index (χ0n) is 12.9. The predicted molar refractivity (Wildman–Crippen MR) is 86.9 cm³/mol. The van der Waals surface area contributed by atoms with Crippen LogP contribution in [-0.4, -0.2) is 53.4 Å². The van der Waals surface area contributed by atoms with Gasteiger partial charge in [0.25, 0.3) is 5.91 Å². The number of rotatable bonds is 4.